The Balaban J connectivity index is 1.62. The molecule has 0 atom stereocenters. The summed E-state index contributed by atoms with van der Waals surface area (Å²) in [5.74, 6) is 0.149. The lowest BCUT2D eigenvalue weighted by Crippen LogP contribution is -2.33. The molecular weight excluding hydrogens is 331 g/mol. The van der Waals surface area contributed by atoms with Crippen LogP contribution < -0.4 is 10.1 Å². The highest BCUT2D eigenvalue weighted by molar-refractivity contribution is 6.35. The van der Waals surface area contributed by atoms with Crippen molar-refractivity contribution < 1.29 is 19.1 Å². The minimum absolute atomic E-state index is 0.132. The van der Waals surface area contributed by atoms with Gasteiger partial charge in [0.15, 0.2) is 6.61 Å². The molecule has 22 heavy (non-hydrogen) atoms. The second-order valence-corrected chi connectivity index (χ2v) is 5.51. The quantitative estimate of drug-likeness (QED) is 0.769. The summed E-state index contributed by atoms with van der Waals surface area (Å²) in [6.07, 6.45) is 0.356. The summed E-state index contributed by atoms with van der Waals surface area (Å²) in [7, 11) is 0. The van der Waals surface area contributed by atoms with E-state index in [1.807, 2.05) is 0 Å². The van der Waals surface area contributed by atoms with Crippen molar-refractivity contribution >= 4 is 35.2 Å². The summed E-state index contributed by atoms with van der Waals surface area (Å²) in [5.41, 5.74) is 0. The van der Waals surface area contributed by atoms with E-state index in [1.165, 1.54) is 0 Å². The number of carbonyl (C=O) groups is 2. The van der Waals surface area contributed by atoms with Crippen molar-refractivity contribution in [2.45, 2.75) is 6.42 Å². The number of amides is 2. The number of benzene rings is 1. The normalized spacial score (nSPS) is 13.9. The molecule has 1 aromatic carbocycles. The van der Waals surface area contributed by atoms with Crippen molar-refractivity contribution in [3.05, 3.63) is 28.2 Å². The highest BCUT2D eigenvalue weighted by atomic mass is 35.5. The zero-order valence-electron chi connectivity index (χ0n) is 11.8. The maximum atomic E-state index is 11.6. The van der Waals surface area contributed by atoms with E-state index >= 15 is 0 Å². The van der Waals surface area contributed by atoms with Crippen LogP contribution >= 0.6 is 23.2 Å². The molecule has 1 fully saturated rings. The molecule has 2 rings (SSSR count). The lowest BCUT2D eigenvalue weighted by Gasteiger charge is -2.12. The summed E-state index contributed by atoms with van der Waals surface area (Å²) in [6, 6.07) is 4.79. The zero-order valence-corrected chi connectivity index (χ0v) is 13.3. The molecular formula is C14H16Cl2N2O4. The fourth-order valence-corrected chi connectivity index (χ4v) is 2.38. The van der Waals surface area contributed by atoms with Gasteiger partial charge >= 0.3 is 6.09 Å². The average molecular weight is 347 g/mol. The Morgan fingerprint density at radius 1 is 1.41 bits per heavy atom. The van der Waals surface area contributed by atoms with Crippen LogP contribution in [0.15, 0.2) is 18.2 Å². The summed E-state index contributed by atoms with van der Waals surface area (Å²) < 4.78 is 10.1. The highest BCUT2D eigenvalue weighted by Crippen LogP contribution is 2.27. The van der Waals surface area contributed by atoms with Gasteiger partial charge in [-0.2, -0.15) is 0 Å². The second kappa shape index (κ2) is 8.10. The predicted octanol–water partition coefficient (Wildman–Crippen LogP) is 2.33. The number of hydrogen-bond donors (Lipinski definition) is 1. The number of nitrogens with zero attached hydrogens (tertiary/aromatic N) is 1. The fraction of sp³-hybridized carbons (Fsp3) is 0.429. The van der Waals surface area contributed by atoms with E-state index in [1.54, 1.807) is 23.1 Å². The highest BCUT2D eigenvalue weighted by Gasteiger charge is 2.20. The van der Waals surface area contributed by atoms with Gasteiger partial charge in [0.05, 0.1) is 11.6 Å². The third-order valence-corrected chi connectivity index (χ3v) is 3.56. The van der Waals surface area contributed by atoms with Gasteiger partial charge < -0.3 is 19.7 Å². The molecule has 1 aromatic rings. The van der Waals surface area contributed by atoms with Crippen molar-refractivity contribution in [2.24, 2.45) is 0 Å². The van der Waals surface area contributed by atoms with Gasteiger partial charge in [-0.3, -0.25) is 4.79 Å². The fourth-order valence-electron chi connectivity index (χ4n) is 1.91. The van der Waals surface area contributed by atoms with Crippen LogP contribution in [-0.2, 0) is 9.53 Å². The van der Waals surface area contributed by atoms with Crippen molar-refractivity contribution in [1.29, 1.82) is 0 Å². The molecule has 2 amide bonds. The van der Waals surface area contributed by atoms with Crippen LogP contribution in [0.4, 0.5) is 4.79 Å². The molecule has 0 spiro atoms. The number of ether oxygens (including phenoxy) is 2. The molecule has 1 N–H and O–H groups in total. The Bertz CT molecular complexity index is 554. The molecule has 1 aliphatic heterocycles. The van der Waals surface area contributed by atoms with E-state index in [9.17, 15) is 9.59 Å². The van der Waals surface area contributed by atoms with Gasteiger partial charge in [-0.1, -0.05) is 23.2 Å². The number of cyclic esters (lactones) is 1. The minimum atomic E-state index is -0.299. The van der Waals surface area contributed by atoms with Crippen LogP contribution in [0, 0.1) is 0 Å². The monoisotopic (exact) mass is 346 g/mol. The van der Waals surface area contributed by atoms with Crippen molar-refractivity contribution in [3.63, 3.8) is 0 Å². The number of hydrogen-bond acceptors (Lipinski definition) is 4. The maximum Gasteiger partial charge on any atom is 0.409 e. The molecule has 8 heteroatoms. The van der Waals surface area contributed by atoms with Crippen molar-refractivity contribution in [3.8, 4) is 5.75 Å². The average Bonchev–Trinajstić information content (AvgIpc) is 2.88. The molecule has 0 aliphatic carbocycles. The van der Waals surface area contributed by atoms with E-state index in [0.717, 1.165) is 0 Å². The Labute approximate surface area is 138 Å². The van der Waals surface area contributed by atoms with E-state index in [2.05, 4.69) is 5.32 Å². The number of carbonyl (C=O) groups excluding carboxylic acids is 2. The molecule has 0 unspecified atom stereocenters. The first-order chi connectivity index (χ1) is 10.6. The van der Waals surface area contributed by atoms with Gasteiger partial charge in [0.1, 0.15) is 12.4 Å². The second-order valence-electron chi connectivity index (χ2n) is 4.67. The standard InChI is InChI=1S/C14H16Cl2N2O4/c15-10-2-3-12(11(16)8-10)22-9-13(19)17-4-1-5-18-6-7-21-14(18)20/h2-3,8H,1,4-7,9H2,(H,17,19). The lowest BCUT2D eigenvalue weighted by atomic mass is 10.3. The van der Waals surface area contributed by atoms with Gasteiger partial charge in [-0.25, -0.2) is 4.79 Å². The molecule has 1 heterocycles. The van der Waals surface area contributed by atoms with E-state index in [0.29, 0.717) is 48.5 Å². The molecule has 1 aliphatic rings. The predicted molar refractivity (Wildman–Crippen MR) is 82.5 cm³/mol. The van der Waals surface area contributed by atoms with Crippen LogP contribution in [0.25, 0.3) is 0 Å². The summed E-state index contributed by atoms with van der Waals surface area (Å²) in [5, 5.41) is 3.57. The van der Waals surface area contributed by atoms with Gasteiger partial charge in [0, 0.05) is 18.1 Å². The molecule has 6 nitrogen and oxygen atoms in total. The van der Waals surface area contributed by atoms with Crippen LogP contribution in [0.2, 0.25) is 10.0 Å². The smallest absolute Gasteiger partial charge is 0.409 e. The lowest BCUT2D eigenvalue weighted by molar-refractivity contribution is -0.123. The Morgan fingerprint density at radius 2 is 2.23 bits per heavy atom. The first-order valence-corrected chi connectivity index (χ1v) is 7.58. The topological polar surface area (TPSA) is 67.9 Å². The van der Waals surface area contributed by atoms with Crippen molar-refractivity contribution in [2.75, 3.05) is 32.8 Å². The van der Waals surface area contributed by atoms with Gasteiger partial charge in [-0.05, 0) is 24.6 Å². The third kappa shape index (κ3) is 4.96. The Hall–Kier alpha value is -1.66. The summed E-state index contributed by atoms with van der Waals surface area (Å²) >= 11 is 11.7. The van der Waals surface area contributed by atoms with E-state index in [-0.39, 0.29) is 18.6 Å². The number of nitrogens with one attached hydrogen (secondary N) is 1. The largest absolute Gasteiger partial charge is 0.482 e. The van der Waals surface area contributed by atoms with Crippen molar-refractivity contribution in [1.82, 2.24) is 10.2 Å². The van der Waals surface area contributed by atoms with Gasteiger partial charge in [0.2, 0.25) is 0 Å². The van der Waals surface area contributed by atoms with E-state index < -0.39 is 0 Å². The first kappa shape index (κ1) is 16.7. The molecule has 0 aromatic heterocycles. The summed E-state index contributed by atoms with van der Waals surface area (Å²) in [6.45, 7) is 1.92. The Kier molecular flexibility index (Phi) is 6.15. The maximum absolute atomic E-state index is 11.6. The number of halogens is 2. The molecule has 0 saturated carbocycles. The number of rotatable bonds is 7. The molecule has 120 valence electrons. The van der Waals surface area contributed by atoms with Crippen LogP contribution in [-0.4, -0.2) is 49.7 Å². The van der Waals surface area contributed by atoms with Crippen LogP contribution in [0.5, 0.6) is 5.75 Å². The SMILES string of the molecule is O=C(COc1ccc(Cl)cc1Cl)NCCCN1CCOC1=O. The first-order valence-electron chi connectivity index (χ1n) is 6.82. The summed E-state index contributed by atoms with van der Waals surface area (Å²) in [4.78, 5) is 24.4. The molecule has 0 bridgehead atoms. The Morgan fingerprint density at radius 3 is 2.91 bits per heavy atom. The molecule has 1 saturated heterocycles. The van der Waals surface area contributed by atoms with Gasteiger partial charge in [-0.15, -0.1) is 0 Å². The van der Waals surface area contributed by atoms with E-state index in [4.69, 9.17) is 32.7 Å². The minimum Gasteiger partial charge on any atom is -0.482 e. The van der Waals surface area contributed by atoms with Crippen LogP contribution in [0.3, 0.4) is 0 Å². The third-order valence-electron chi connectivity index (χ3n) is 3.02. The zero-order chi connectivity index (χ0) is 15.9. The molecule has 0 radical (unpaired) electrons. The van der Waals surface area contributed by atoms with Crippen LogP contribution in [0.1, 0.15) is 6.42 Å². The van der Waals surface area contributed by atoms with Gasteiger partial charge in [0.25, 0.3) is 5.91 Å².